The number of piperidine rings is 1. The molecule has 0 unspecified atom stereocenters. The molecule has 0 N–H and O–H groups in total. The molecule has 3 aromatic rings. The maximum Gasteiger partial charge on any atom is 0.387 e. The molecule has 0 bridgehead atoms. The Morgan fingerprint density at radius 1 is 1.15 bits per heavy atom. The predicted octanol–water partition coefficient (Wildman–Crippen LogP) is 3.71. The molecule has 174 valence electrons. The first-order valence-electron chi connectivity index (χ1n) is 11.0. The van der Waals surface area contributed by atoms with Crippen molar-refractivity contribution in [3.63, 3.8) is 0 Å². The number of ether oxygens (including phenoxy) is 1. The van der Waals surface area contributed by atoms with Crippen molar-refractivity contribution in [2.45, 2.75) is 51.4 Å². The molecule has 33 heavy (non-hydrogen) atoms. The van der Waals surface area contributed by atoms with E-state index in [0.717, 1.165) is 37.3 Å². The highest BCUT2D eigenvalue weighted by molar-refractivity contribution is 5.94. The summed E-state index contributed by atoms with van der Waals surface area (Å²) >= 11 is 0. The molecule has 1 amide bonds. The second-order valence-corrected chi connectivity index (χ2v) is 8.71. The molecule has 0 radical (unpaired) electrons. The van der Waals surface area contributed by atoms with Crippen molar-refractivity contribution in [1.82, 2.24) is 19.8 Å². The van der Waals surface area contributed by atoms with E-state index >= 15 is 0 Å². The molecule has 8 nitrogen and oxygen atoms in total. The van der Waals surface area contributed by atoms with Crippen molar-refractivity contribution >= 4 is 11.7 Å². The van der Waals surface area contributed by atoms with Gasteiger partial charge < -0.3 is 9.26 Å². The lowest BCUT2D eigenvalue weighted by Crippen LogP contribution is -2.53. The van der Waals surface area contributed by atoms with Crippen LogP contribution in [0, 0.1) is 6.92 Å². The van der Waals surface area contributed by atoms with E-state index in [1.807, 2.05) is 23.7 Å². The molecule has 5 rings (SSSR count). The summed E-state index contributed by atoms with van der Waals surface area (Å²) in [6, 6.07) is 10.5. The van der Waals surface area contributed by atoms with E-state index in [0.29, 0.717) is 31.0 Å². The third-order valence-electron chi connectivity index (χ3n) is 6.47. The lowest BCUT2D eigenvalue weighted by atomic mass is 9.82. The number of rotatable bonds is 6. The summed E-state index contributed by atoms with van der Waals surface area (Å²) in [4.78, 5) is 17.2. The number of hydrogen-bond donors (Lipinski definition) is 0. The molecule has 4 heterocycles. The molecule has 1 aromatic carbocycles. The molecule has 2 aromatic heterocycles. The Hall–Kier alpha value is -3.27. The van der Waals surface area contributed by atoms with Crippen molar-refractivity contribution < 1.29 is 22.8 Å². The molecule has 1 spiro atoms. The Balaban J connectivity index is 1.26. The fourth-order valence-corrected chi connectivity index (χ4v) is 4.82. The topological polar surface area (TPSA) is 76.6 Å². The van der Waals surface area contributed by atoms with E-state index in [9.17, 15) is 13.6 Å². The van der Waals surface area contributed by atoms with E-state index in [1.165, 1.54) is 0 Å². The fraction of sp³-hybridized carbons (Fsp3) is 0.435. The maximum absolute atomic E-state index is 13.2. The standard InChI is InChI=1S/C23H25F2N5O3/c1-16-12-18(27-33-16)15-29-20-6-9-26-30(20)23(13-21(29)31)7-10-28(11-8-23)14-17-2-4-19(5-3-17)32-22(24)25/h2-6,9,12,22H,7-8,10-11,13-15H2,1H3. The first-order chi connectivity index (χ1) is 15.9. The van der Waals surface area contributed by atoms with Gasteiger partial charge in [-0.05, 0) is 37.5 Å². The zero-order chi connectivity index (χ0) is 23.0. The summed E-state index contributed by atoms with van der Waals surface area (Å²) in [5.74, 6) is 1.72. The van der Waals surface area contributed by atoms with Crippen LogP contribution in [0.4, 0.5) is 14.6 Å². The molecule has 2 aliphatic rings. The predicted molar refractivity (Wildman–Crippen MR) is 115 cm³/mol. The Labute approximate surface area is 189 Å². The third-order valence-corrected chi connectivity index (χ3v) is 6.47. The van der Waals surface area contributed by atoms with Crippen LogP contribution in [-0.4, -0.2) is 45.4 Å². The molecular weight excluding hydrogens is 432 g/mol. The Bertz CT molecular complexity index is 1120. The summed E-state index contributed by atoms with van der Waals surface area (Å²) in [5.41, 5.74) is 1.41. The van der Waals surface area contributed by atoms with Gasteiger partial charge in [-0.2, -0.15) is 13.9 Å². The number of hydrogen-bond acceptors (Lipinski definition) is 6. The van der Waals surface area contributed by atoms with Gasteiger partial charge in [0.15, 0.2) is 0 Å². The summed E-state index contributed by atoms with van der Waals surface area (Å²) in [5, 5.41) is 8.62. The summed E-state index contributed by atoms with van der Waals surface area (Å²) in [6.07, 6.45) is 3.74. The van der Waals surface area contributed by atoms with Gasteiger partial charge in [0.2, 0.25) is 5.91 Å². The van der Waals surface area contributed by atoms with Crippen LogP contribution in [0.1, 0.15) is 36.3 Å². The second kappa shape index (κ2) is 8.58. The second-order valence-electron chi connectivity index (χ2n) is 8.71. The zero-order valence-corrected chi connectivity index (χ0v) is 18.3. The van der Waals surface area contributed by atoms with Gasteiger partial charge in [0.25, 0.3) is 0 Å². The third kappa shape index (κ3) is 4.35. The van der Waals surface area contributed by atoms with Crippen LogP contribution in [0.3, 0.4) is 0 Å². The number of amides is 1. The van der Waals surface area contributed by atoms with Crippen molar-refractivity contribution in [3.05, 3.63) is 59.6 Å². The number of anilines is 1. The average Bonchev–Trinajstić information content (AvgIpc) is 3.43. The quantitative estimate of drug-likeness (QED) is 0.562. The van der Waals surface area contributed by atoms with Crippen molar-refractivity contribution in [2.75, 3.05) is 18.0 Å². The highest BCUT2D eigenvalue weighted by Gasteiger charge is 2.45. The number of carbonyl (C=O) groups excluding carboxylic acids is 1. The van der Waals surface area contributed by atoms with Crippen LogP contribution in [0.25, 0.3) is 0 Å². The van der Waals surface area contributed by atoms with E-state index < -0.39 is 6.61 Å². The Morgan fingerprint density at radius 3 is 2.58 bits per heavy atom. The van der Waals surface area contributed by atoms with Crippen LogP contribution >= 0.6 is 0 Å². The van der Waals surface area contributed by atoms with Gasteiger partial charge in [0.05, 0.1) is 24.7 Å². The maximum atomic E-state index is 13.2. The first kappa shape index (κ1) is 21.6. The van der Waals surface area contributed by atoms with Gasteiger partial charge in [-0.25, -0.2) is 4.68 Å². The van der Waals surface area contributed by atoms with Crippen LogP contribution in [-0.2, 0) is 23.4 Å². The number of alkyl halides is 2. The van der Waals surface area contributed by atoms with Gasteiger partial charge in [0, 0.05) is 31.8 Å². The zero-order valence-electron chi connectivity index (χ0n) is 18.3. The van der Waals surface area contributed by atoms with E-state index in [4.69, 9.17) is 4.52 Å². The van der Waals surface area contributed by atoms with Crippen LogP contribution < -0.4 is 9.64 Å². The molecule has 10 heteroatoms. The number of halogens is 2. The summed E-state index contributed by atoms with van der Waals surface area (Å²) in [7, 11) is 0. The SMILES string of the molecule is Cc1cc(CN2C(=O)CC3(CCN(Cc4ccc(OC(F)F)cc4)CC3)n3nccc32)no1. The van der Waals surface area contributed by atoms with Crippen molar-refractivity contribution in [1.29, 1.82) is 0 Å². The number of benzene rings is 1. The molecule has 1 saturated heterocycles. The average molecular weight is 457 g/mol. The number of likely N-dealkylation sites (tertiary alicyclic amines) is 1. The number of carbonyl (C=O) groups is 1. The number of nitrogens with zero attached hydrogens (tertiary/aromatic N) is 5. The van der Waals surface area contributed by atoms with Gasteiger partial charge in [-0.3, -0.25) is 14.6 Å². The smallest absolute Gasteiger partial charge is 0.387 e. The fourth-order valence-electron chi connectivity index (χ4n) is 4.82. The lowest BCUT2D eigenvalue weighted by Gasteiger charge is -2.46. The van der Waals surface area contributed by atoms with E-state index in [1.54, 1.807) is 35.4 Å². The molecule has 2 aliphatic heterocycles. The van der Waals surface area contributed by atoms with Gasteiger partial charge in [0.1, 0.15) is 23.0 Å². The van der Waals surface area contributed by atoms with E-state index in [2.05, 4.69) is 19.9 Å². The summed E-state index contributed by atoms with van der Waals surface area (Å²) < 4.78 is 36.3. The molecule has 1 fully saturated rings. The van der Waals surface area contributed by atoms with Gasteiger partial charge >= 0.3 is 6.61 Å². The van der Waals surface area contributed by atoms with Crippen molar-refractivity contribution in [3.8, 4) is 5.75 Å². The first-order valence-corrected chi connectivity index (χ1v) is 11.0. The number of aromatic nitrogens is 3. The molecular formula is C23H25F2N5O3. The normalized spacial score (nSPS) is 18.2. The van der Waals surface area contributed by atoms with Crippen molar-refractivity contribution in [2.24, 2.45) is 0 Å². The number of aryl methyl sites for hydroxylation is 1. The minimum atomic E-state index is -2.82. The van der Waals surface area contributed by atoms with Crippen LogP contribution in [0.2, 0.25) is 0 Å². The lowest BCUT2D eigenvalue weighted by molar-refractivity contribution is -0.123. The van der Waals surface area contributed by atoms with Gasteiger partial charge in [-0.15, -0.1) is 0 Å². The largest absolute Gasteiger partial charge is 0.435 e. The van der Waals surface area contributed by atoms with Gasteiger partial charge in [-0.1, -0.05) is 17.3 Å². The van der Waals surface area contributed by atoms with Crippen LogP contribution in [0.15, 0.2) is 47.1 Å². The summed E-state index contributed by atoms with van der Waals surface area (Å²) in [6.45, 7) is 1.69. The minimum absolute atomic E-state index is 0.0618. The van der Waals surface area contributed by atoms with E-state index in [-0.39, 0.29) is 17.2 Å². The highest BCUT2D eigenvalue weighted by atomic mass is 19.3. The minimum Gasteiger partial charge on any atom is -0.435 e. The monoisotopic (exact) mass is 457 g/mol. The Kier molecular flexibility index (Phi) is 5.61. The van der Waals surface area contributed by atoms with Crippen LogP contribution in [0.5, 0.6) is 5.75 Å². The molecule has 0 aliphatic carbocycles. The Morgan fingerprint density at radius 2 is 1.91 bits per heavy atom. The highest BCUT2D eigenvalue weighted by Crippen LogP contribution is 2.41. The molecule has 0 saturated carbocycles. The molecule has 0 atom stereocenters. The number of fused-ring (bicyclic) bond motifs is 2.